The SMILES string of the molecule is CCOC(=O)c1cc(C#C[Si](C)(C)C)c(N)nc1OCC. The van der Waals surface area contributed by atoms with Crippen LogP contribution in [-0.2, 0) is 4.74 Å². The Labute approximate surface area is 126 Å². The van der Waals surface area contributed by atoms with Gasteiger partial charge in [0.1, 0.15) is 19.5 Å². The first-order valence-electron chi connectivity index (χ1n) is 6.92. The summed E-state index contributed by atoms with van der Waals surface area (Å²) in [7, 11) is -1.54. The number of hydrogen-bond acceptors (Lipinski definition) is 5. The first kappa shape index (κ1) is 17.0. The van der Waals surface area contributed by atoms with Crippen LogP contribution in [-0.4, -0.2) is 32.2 Å². The average Bonchev–Trinajstić information content (AvgIpc) is 2.37. The standard InChI is InChI=1S/C15H22N2O3Si/c1-6-19-14-12(15(18)20-7-2)10-11(13(16)17-14)8-9-21(3,4)5/h10H,6-7H2,1-5H3,(H2,16,17). The van der Waals surface area contributed by atoms with Gasteiger partial charge in [0.2, 0.25) is 5.88 Å². The number of nitrogens with two attached hydrogens (primary N) is 1. The zero-order valence-corrected chi connectivity index (χ0v) is 14.2. The molecule has 5 nitrogen and oxygen atoms in total. The van der Waals surface area contributed by atoms with E-state index in [9.17, 15) is 4.79 Å². The van der Waals surface area contributed by atoms with Gasteiger partial charge >= 0.3 is 5.97 Å². The van der Waals surface area contributed by atoms with Gasteiger partial charge in [-0.2, -0.15) is 4.98 Å². The van der Waals surface area contributed by atoms with E-state index in [1.165, 1.54) is 0 Å². The van der Waals surface area contributed by atoms with Crippen LogP contribution in [0.4, 0.5) is 5.82 Å². The van der Waals surface area contributed by atoms with Gasteiger partial charge in [-0.05, 0) is 19.9 Å². The van der Waals surface area contributed by atoms with Crippen LogP contribution in [0.2, 0.25) is 19.6 Å². The molecule has 0 aliphatic rings. The zero-order valence-electron chi connectivity index (χ0n) is 13.2. The van der Waals surface area contributed by atoms with Crippen LogP contribution in [0.3, 0.4) is 0 Å². The van der Waals surface area contributed by atoms with Gasteiger partial charge < -0.3 is 15.2 Å². The summed E-state index contributed by atoms with van der Waals surface area (Å²) < 4.78 is 10.4. The van der Waals surface area contributed by atoms with Crippen molar-refractivity contribution in [2.24, 2.45) is 0 Å². The fourth-order valence-corrected chi connectivity index (χ4v) is 1.98. The monoisotopic (exact) mass is 306 g/mol. The van der Waals surface area contributed by atoms with Gasteiger partial charge in [0.05, 0.1) is 18.8 Å². The molecule has 1 aromatic rings. The summed E-state index contributed by atoms with van der Waals surface area (Å²) in [5, 5.41) is 0. The second kappa shape index (κ2) is 7.13. The number of ether oxygens (including phenoxy) is 2. The highest BCUT2D eigenvalue weighted by atomic mass is 28.3. The number of hydrogen-bond donors (Lipinski definition) is 1. The molecule has 1 heterocycles. The minimum Gasteiger partial charge on any atom is -0.477 e. The van der Waals surface area contributed by atoms with Crippen LogP contribution in [0.1, 0.15) is 29.8 Å². The van der Waals surface area contributed by atoms with E-state index in [0.29, 0.717) is 12.2 Å². The zero-order chi connectivity index (χ0) is 16.0. The molecule has 6 heteroatoms. The minimum atomic E-state index is -1.54. The maximum atomic E-state index is 12.0. The summed E-state index contributed by atoms with van der Waals surface area (Å²) in [5.74, 6) is 2.99. The molecule has 0 spiro atoms. The lowest BCUT2D eigenvalue weighted by atomic mass is 10.2. The highest BCUT2D eigenvalue weighted by Crippen LogP contribution is 2.22. The van der Waals surface area contributed by atoms with Crippen LogP contribution in [0.5, 0.6) is 5.88 Å². The van der Waals surface area contributed by atoms with Gasteiger partial charge in [0.25, 0.3) is 0 Å². The van der Waals surface area contributed by atoms with Crippen LogP contribution < -0.4 is 10.5 Å². The van der Waals surface area contributed by atoms with Gasteiger partial charge in [-0.3, -0.25) is 0 Å². The van der Waals surface area contributed by atoms with Crippen molar-refractivity contribution in [1.82, 2.24) is 4.98 Å². The Morgan fingerprint density at radius 3 is 2.52 bits per heavy atom. The van der Waals surface area contributed by atoms with Gasteiger partial charge in [-0.15, -0.1) is 5.54 Å². The number of carbonyl (C=O) groups excluding carboxylic acids is 1. The number of nitrogens with zero attached hydrogens (tertiary/aromatic N) is 1. The van der Waals surface area contributed by atoms with E-state index < -0.39 is 14.0 Å². The van der Waals surface area contributed by atoms with E-state index in [4.69, 9.17) is 15.2 Å². The lowest BCUT2D eigenvalue weighted by Crippen LogP contribution is -2.16. The Morgan fingerprint density at radius 2 is 2.00 bits per heavy atom. The number of pyridine rings is 1. The molecule has 1 rings (SSSR count). The van der Waals surface area contributed by atoms with E-state index in [2.05, 4.69) is 36.1 Å². The molecule has 0 amide bonds. The third kappa shape index (κ3) is 5.12. The smallest absolute Gasteiger partial charge is 0.343 e. The van der Waals surface area contributed by atoms with Crippen molar-refractivity contribution in [3.8, 4) is 17.3 Å². The van der Waals surface area contributed by atoms with E-state index in [0.717, 1.165) is 0 Å². The molecule has 0 radical (unpaired) electrons. The fourth-order valence-electron chi connectivity index (χ4n) is 1.47. The maximum Gasteiger partial charge on any atom is 0.343 e. The normalized spacial score (nSPS) is 10.5. The van der Waals surface area contributed by atoms with E-state index in [1.54, 1.807) is 13.0 Å². The molecule has 2 N–H and O–H groups in total. The molecular formula is C15H22N2O3Si. The molecule has 0 saturated carbocycles. The summed E-state index contributed by atoms with van der Waals surface area (Å²) >= 11 is 0. The van der Waals surface area contributed by atoms with Gasteiger partial charge in [0.15, 0.2) is 0 Å². The van der Waals surface area contributed by atoms with Crippen molar-refractivity contribution in [2.75, 3.05) is 18.9 Å². The Morgan fingerprint density at radius 1 is 1.33 bits per heavy atom. The third-order valence-electron chi connectivity index (χ3n) is 2.37. The van der Waals surface area contributed by atoms with E-state index in [1.807, 2.05) is 6.92 Å². The minimum absolute atomic E-state index is 0.187. The lowest BCUT2D eigenvalue weighted by Gasteiger charge is -2.11. The van der Waals surface area contributed by atoms with Crippen molar-refractivity contribution in [2.45, 2.75) is 33.5 Å². The van der Waals surface area contributed by atoms with Crippen molar-refractivity contribution < 1.29 is 14.3 Å². The van der Waals surface area contributed by atoms with Crippen molar-refractivity contribution in [1.29, 1.82) is 0 Å². The lowest BCUT2D eigenvalue weighted by molar-refractivity contribution is 0.0521. The van der Waals surface area contributed by atoms with Crippen molar-refractivity contribution >= 4 is 19.9 Å². The molecule has 1 aromatic heterocycles. The van der Waals surface area contributed by atoms with Crippen LogP contribution in [0.25, 0.3) is 0 Å². The van der Waals surface area contributed by atoms with Gasteiger partial charge in [-0.1, -0.05) is 25.6 Å². The number of anilines is 1. The van der Waals surface area contributed by atoms with Crippen LogP contribution in [0.15, 0.2) is 6.07 Å². The molecule has 0 saturated heterocycles. The van der Waals surface area contributed by atoms with Gasteiger partial charge in [0, 0.05) is 0 Å². The molecule has 0 aliphatic carbocycles. The number of aromatic nitrogens is 1. The summed E-state index contributed by atoms with van der Waals surface area (Å²) in [6, 6.07) is 1.60. The molecule has 0 aromatic carbocycles. The Bertz CT molecular complexity index is 583. The van der Waals surface area contributed by atoms with Crippen LogP contribution >= 0.6 is 0 Å². The highest BCUT2D eigenvalue weighted by Gasteiger charge is 2.18. The number of carbonyl (C=O) groups is 1. The molecule has 114 valence electrons. The number of nitrogen functional groups attached to an aromatic ring is 1. The number of esters is 1. The quantitative estimate of drug-likeness (QED) is 0.525. The van der Waals surface area contributed by atoms with Crippen molar-refractivity contribution in [3.05, 3.63) is 17.2 Å². The molecule has 0 atom stereocenters. The van der Waals surface area contributed by atoms with Crippen molar-refractivity contribution in [3.63, 3.8) is 0 Å². The molecule has 0 fully saturated rings. The second-order valence-corrected chi connectivity index (χ2v) is 10.2. The summed E-state index contributed by atoms with van der Waals surface area (Å²) in [5.41, 5.74) is 9.89. The average molecular weight is 306 g/mol. The topological polar surface area (TPSA) is 74.4 Å². The van der Waals surface area contributed by atoms with E-state index >= 15 is 0 Å². The predicted molar refractivity (Wildman–Crippen MR) is 86.0 cm³/mol. The second-order valence-electron chi connectivity index (χ2n) is 5.43. The van der Waals surface area contributed by atoms with E-state index in [-0.39, 0.29) is 23.9 Å². The molecule has 0 unspecified atom stereocenters. The molecular weight excluding hydrogens is 284 g/mol. The predicted octanol–water partition coefficient (Wildman–Crippen LogP) is 2.47. The largest absolute Gasteiger partial charge is 0.477 e. The first-order chi connectivity index (χ1) is 9.78. The van der Waals surface area contributed by atoms with Gasteiger partial charge in [-0.25, -0.2) is 4.79 Å². The Kier molecular flexibility index (Phi) is 5.79. The summed E-state index contributed by atoms with van der Waals surface area (Å²) in [4.78, 5) is 16.1. The molecule has 21 heavy (non-hydrogen) atoms. The molecule has 0 aliphatic heterocycles. The Hall–Kier alpha value is -2.00. The fraction of sp³-hybridized carbons (Fsp3) is 0.467. The summed E-state index contributed by atoms with van der Waals surface area (Å²) in [6.07, 6.45) is 0. The first-order valence-corrected chi connectivity index (χ1v) is 10.4. The maximum absolute atomic E-state index is 12.0. The molecule has 0 bridgehead atoms. The van der Waals surface area contributed by atoms with Crippen LogP contribution in [0, 0.1) is 11.5 Å². The Balaban J connectivity index is 3.31. The third-order valence-corrected chi connectivity index (χ3v) is 3.24. The number of rotatable bonds is 4. The summed E-state index contributed by atoms with van der Waals surface area (Å²) in [6.45, 7) is 10.6. The highest BCUT2D eigenvalue weighted by molar-refractivity contribution is 6.83.